The molecule has 0 aliphatic heterocycles. The predicted octanol–water partition coefficient (Wildman–Crippen LogP) is -0.344. The number of imidazole rings is 1. The first-order valence-electron chi connectivity index (χ1n) is 18.6. The van der Waals surface area contributed by atoms with Crippen LogP contribution in [0.15, 0.2) is 78.3 Å². The van der Waals surface area contributed by atoms with E-state index in [2.05, 4.69) is 41.2 Å². The first-order chi connectivity index (χ1) is 27.4. The molecule has 0 unspecified atom stereocenters. The number of hydrogen-bond acceptors (Lipinski definition) is 8. The number of guanidine groups is 1. The third-order valence-electron chi connectivity index (χ3n) is 9.38. The molecule has 0 radical (unpaired) electrons. The number of likely N-dealkylation sites (N-methyl/N-ethyl adjacent to an activating group) is 2. The van der Waals surface area contributed by atoms with E-state index in [-0.39, 0.29) is 57.5 Å². The van der Waals surface area contributed by atoms with Crippen molar-refractivity contribution in [3.05, 3.63) is 90.1 Å². The number of nitrogens with zero attached hydrogens (tertiary/aromatic N) is 3. The molecule has 2 aromatic carbocycles. The quantitative estimate of drug-likeness (QED) is 0.0286. The molecule has 2 heterocycles. The fourth-order valence-corrected chi connectivity index (χ4v) is 6.40. The second-order valence-corrected chi connectivity index (χ2v) is 13.6. The Morgan fingerprint density at radius 3 is 2.18 bits per heavy atom. The van der Waals surface area contributed by atoms with Gasteiger partial charge in [0.1, 0.15) is 24.2 Å². The fourth-order valence-electron chi connectivity index (χ4n) is 6.40. The van der Waals surface area contributed by atoms with Crippen LogP contribution in [0.2, 0.25) is 0 Å². The zero-order chi connectivity index (χ0) is 41.3. The Morgan fingerprint density at radius 2 is 1.49 bits per heavy atom. The van der Waals surface area contributed by atoms with Gasteiger partial charge in [0, 0.05) is 81.7 Å². The minimum Gasteiger partial charge on any atom is -0.370 e. The SMILES string of the molecule is CNC(=O)[C@H](Cc1c[nH]c2ccccc12)NC(=O)[C@H](CCCN=C(N)N)N(C)C(=O)[C@@H](Cc1ccccc1)NC(=O)[C@H](Cc1cnc[nH]1)NC(=O)CCCC(N)=O. The molecule has 2 aromatic heterocycles. The summed E-state index contributed by atoms with van der Waals surface area (Å²) in [6.07, 6.45) is 5.48. The first kappa shape index (κ1) is 43.0. The van der Waals surface area contributed by atoms with E-state index in [4.69, 9.17) is 17.2 Å². The molecule has 0 saturated carbocycles. The monoisotopic (exact) mass is 784 g/mol. The molecule has 4 aromatic rings. The summed E-state index contributed by atoms with van der Waals surface area (Å²) in [6, 6.07) is 12.1. The molecule has 0 fully saturated rings. The lowest BCUT2D eigenvalue weighted by Crippen LogP contribution is -2.59. The number of aromatic amines is 2. The third kappa shape index (κ3) is 13.2. The van der Waals surface area contributed by atoms with Crippen molar-refractivity contribution in [3.8, 4) is 0 Å². The third-order valence-corrected chi connectivity index (χ3v) is 9.38. The normalized spacial score (nSPS) is 13.0. The van der Waals surface area contributed by atoms with Gasteiger partial charge in [0.05, 0.1) is 6.33 Å². The van der Waals surface area contributed by atoms with Gasteiger partial charge in [-0.3, -0.25) is 33.8 Å². The van der Waals surface area contributed by atoms with Gasteiger partial charge in [-0.15, -0.1) is 0 Å². The summed E-state index contributed by atoms with van der Waals surface area (Å²) in [7, 11) is 2.92. The van der Waals surface area contributed by atoms with Crippen molar-refractivity contribution in [2.24, 2.45) is 22.2 Å². The van der Waals surface area contributed by atoms with E-state index >= 15 is 0 Å². The number of fused-ring (bicyclic) bond motifs is 1. The number of benzene rings is 2. The number of carbonyl (C=O) groups excluding carboxylic acids is 6. The average Bonchev–Trinajstić information content (AvgIpc) is 3.86. The Balaban J connectivity index is 1.61. The number of primary amides is 1. The summed E-state index contributed by atoms with van der Waals surface area (Å²) in [5, 5.41) is 11.9. The van der Waals surface area contributed by atoms with Gasteiger partial charge < -0.3 is 53.3 Å². The van der Waals surface area contributed by atoms with Gasteiger partial charge in [-0.1, -0.05) is 48.5 Å². The second kappa shape index (κ2) is 21.4. The van der Waals surface area contributed by atoms with Crippen molar-refractivity contribution in [1.29, 1.82) is 0 Å². The Kier molecular flexibility index (Phi) is 16.1. The minimum atomic E-state index is -1.20. The summed E-state index contributed by atoms with van der Waals surface area (Å²) >= 11 is 0. The molecular formula is C39H52N12O6. The van der Waals surface area contributed by atoms with Crippen LogP contribution < -0.4 is 38.5 Å². The Labute approximate surface area is 330 Å². The number of nitrogens with two attached hydrogens (primary N) is 3. The highest BCUT2D eigenvalue weighted by molar-refractivity contribution is 5.96. The summed E-state index contributed by atoms with van der Waals surface area (Å²) < 4.78 is 0. The van der Waals surface area contributed by atoms with Crippen molar-refractivity contribution in [2.45, 2.75) is 75.5 Å². The molecule has 0 aliphatic carbocycles. The van der Waals surface area contributed by atoms with Crippen LogP contribution in [0.4, 0.5) is 0 Å². The number of carbonyl (C=O) groups is 6. The number of aliphatic imine (C=N–C) groups is 1. The van der Waals surface area contributed by atoms with E-state index < -0.39 is 59.6 Å². The molecule has 0 aliphatic rings. The van der Waals surface area contributed by atoms with Crippen molar-refractivity contribution < 1.29 is 28.8 Å². The number of para-hydroxylation sites is 1. The van der Waals surface area contributed by atoms with E-state index in [1.54, 1.807) is 30.5 Å². The number of H-pyrrole nitrogens is 2. The average molecular weight is 785 g/mol. The molecule has 0 bridgehead atoms. The zero-order valence-electron chi connectivity index (χ0n) is 32.1. The number of nitrogens with one attached hydrogen (secondary N) is 6. The van der Waals surface area contributed by atoms with Crippen LogP contribution >= 0.6 is 0 Å². The van der Waals surface area contributed by atoms with E-state index in [9.17, 15) is 28.8 Å². The molecule has 12 N–H and O–H groups in total. The maximum atomic E-state index is 14.5. The highest BCUT2D eigenvalue weighted by Gasteiger charge is 2.35. The first-order valence-corrected chi connectivity index (χ1v) is 18.6. The molecule has 18 heteroatoms. The van der Waals surface area contributed by atoms with Gasteiger partial charge >= 0.3 is 0 Å². The summed E-state index contributed by atoms with van der Waals surface area (Å²) in [6.45, 7) is 0.168. The molecule has 4 atom stereocenters. The zero-order valence-corrected chi connectivity index (χ0v) is 32.1. The molecule has 18 nitrogen and oxygen atoms in total. The van der Waals surface area contributed by atoms with Crippen molar-refractivity contribution in [1.82, 2.24) is 41.1 Å². The predicted molar refractivity (Wildman–Crippen MR) is 214 cm³/mol. The maximum Gasteiger partial charge on any atom is 0.245 e. The van der Waals surface area contributed by atoms with Crippen molar-refractivity contribution in [2.75, 3.05) is 20.6 Å². The molecule has 6 amide bonds. The van der Waals surface area contributed by atoms with Crippen LogP contribution in [-0.2, 0) is 48.0 Å². The summed E-state index contributed by atoms with van der Waals surface area (Å²) in [5.41, 5.74) is 19.2. The van der Waals surface area contributed by atoms with Crippen molar-refractivity contribution >= 4 is 52.3 Å². The van der Waals surface area contributed by atoms with Gasteiger partial charge in [0.15, 0.2) is 5.96 Å². The lowest BCUT2D eigenvalue weighted by molar-refractivity contribution is -0.143. The molecule has 0 spiro atoms. The number of hydrogen-bond donors (Lipinski definition) is 9. The largest absolute Gasteiger partial charge is 0.370 e. The molecule has 57 heavy (non-hydrogen) atoms. The highest BCUT2D eigenvalue weighted by Crippen LogP contribution is 2.20. The Morgan fingerprint density at radius 1 is 0.789 bits per heavy atom. The lowest BCUT2D eigenvalue weighted by atomic mass is 10.0. The standard InChI is InChI=1S/C39H52N12O6/c1-43-35(54)29(19-25-21-46-28-13-7-6-12-27(25)28)49-37(56)32(14-9-17-45-39(41)42)51(2)38(57)31(18-24-10-4-3-5-11-24)50-36(55)30(20-26-22-44-23-47-26)48-34(53)16-8-15-33(40)52/h3-7,10-13,21-23,29-32,46H,8-9,14-20H2,1-2H3,(H2,40,52)(H,43,54)(H,44,47)(H,48,53)(H,49,56)(H,50,55)(H4,41,42,45)/t29-,30-,31+,32-/m0/s1. The summed E-state index contributed by atoms with van der Waals surface area (Å²) in [4.78, 5) is 95.5. The topological polar surface area (TPSA) is 289 Å². The number of amides is 6. The van der Waals surface area contributed by atoms with E-state index in [1.807, 2.05) is 30.3 Å². The fraction of sp³-hybridized carbons (Fsp3) is 0.385. The number of rotatable bonds is 22. The van der Waals surface area contributed by atoms with Crippen LogP contribution in [0.5, 0.6) is 0 Å². The van der Waals surface area contributed by atoms with Gasteiger partial charge in [0.25, 0.3) is 0 Å². The highest BCUT2D eigenvalue weighted by atomic mass is 16.2. The maximum absolute atomic E-state index is 14.5. The van der Waals surface area contributed by atoms with Crippen molar-refractivity contribution in [3.63, 3.8) is 0 Å². The smallest absolute Gasteiger partial charge is 0.245 e. The van der Waals surface area contributed by atoms with Crippen LogP contribution in [0.3, 0.4) is 0 Å². The van der Waals surface area contributed by atoms with E-state index in [0.29, 0.717) is 12.1 Å². The molecule has 0 saturated heterocycles. The van der Waals surface area contributed by atoms with Gasteiger partial charge in [-0.25, -0.2) is 4.98 Å². The van der Waals surface area contributed by atoms with E-state index in [0.717, 1.165) is 22.0 Å². The van der Waals surface area contributed by atoms with E-state index in [1.165, 1.54) is 31.5 Å². The molecule has 4 rings (SSSR count). The second-order valence-electron chi connectivity index (χ2n) is 13.6. The Hall–Kier alpha value is -6.72. The van der Waals surface area contributed by atoms with Crippen LogP contribution in [0, 0.1) is 0 Å². The van der Waals surface area contributed by atoms with Gasteiger partial charge in [0.2, 0.25) is 35.4 Å². The van der Waals surface area contributed by atoms with Gasteiger partial charge in [-0.2, -0.15) is 0 Å². The van der Waals surface area contributed by atoms with Crippen LogP contribution in [0.1, 0.15) is 48.9 Å². The van der Waals surface area contributed by atoms with Crippen LogP contribution in [0.25, 0.3) is 10.9 Å². The molecular weight excluding hydrogens is 733 g/mol. The lowest BCUT2D eigenvalue weighted by Gasteiger charge is -2.32. The molecule has 304 valence electrons. The summed E-state index contributed by atoms with van der Waals surface area (Å²) in [5.74, 6) is -3.48. The van der Waals surface area contributed by atoms with Crippen LogP contribution in [-0.4, -0.2) is 106 Å². The van der Waals surface area contributed by atoms with Gasteiger partial charge in [-0.05, 0) is 36.5 Å². The Bertz CT molecular complexity index is 1990. The minimum absolute atomic E-state index is 0.00158. The number of aromatic nitrogens is 3.